The zero-order valence-electron chi connectivity index (χ0n) is 16.7. The van der Waals surface area contributed by atoms with Gasteiger partial charge in [-0.3, -0.25) is 9.67 Å². The van der Waals surface area contributed by atoms with Gasteiger partial charge in [-0.2, -0.15) is 5.10 Å². The van der Waals surface area contributed by atoms with Gasteiger partial charge in [-0.15, -0.1) is 5.10 Å². The molecule has 1 unspecified atom stereocenters. The Kier molecular flexibility index (Phi) is 5.46. The summed E-state index contributed by atoms with van der Waals surface area (Å²) in [6.45, 7) is 10.3. The Hall–Kier alpha value is -2.47. The van der Waals surface area contributed by atoms with E-state index < -0.39 is 0 Å². The van der Waals surface area contributed by atoms with Crippen LogP contribution in [0.5, 0.6) is 0 Å². The molecule has 0 bridgehead atoms. The summed E-state index contributed by atoms with van der Waals surface area (Å²) >= 11 is 6.53. The van der Waals surface area contributed by atoms with Gasteiger partial charge in [0.25, 0.3) is 0 Å². The molecule has 0 fully saturated rings. The van der Waals surface area contributed by atoms with E-state index in [0.717, 1.165) is 40.2 Å². The average molecular weight is 385 g/mol. The summed E-state index contributed by atoms with van der Waals surface area (Å²) in [5.74, 6) is 0.920. The maximum Gasteiger partial charge on any atom is 0.199 e. The highest BCUT2D eigenvalue weighted by Crippen LogP contribution is 2.30. The van der Waals surface area contributed by atoms with Crippen molar-refractivity contribution in [1.29, 1.82) is 0 Å². The normalized spacial score (nSPS) is 14.2. The number of rotatable bonds is 5. The SMILES string of the molecule is C/C=C(\N=C(C)C(C)CC)c1nc(Cl)c2c(C)c(-c3ccn(C)n3)cn2n1. The van der Waals surface area contributed by atoms with Crippen LogP contribution in [0.3, 0.4) is 0 Å². The number of hydrogen-bond acceptors (Lipinski definition) is 4. The van der Waals surface area contributed by atoms with Crippen LogP contribution in [0.25, 0.3) is 22.5 Å². The highest BCUT2D eigenvalue weighted by molar-refractivity contribution is 6.33. The quantitative estimate of drug-likeness (QED) is 0.584. The topological polar surface area (TPSA) is 60.4 Å². The van der Waals surface area contributed by atoms with Gasteiger partial charge in [-0.1, -0.05) is 31.5 Å². The fourth-order valence-electron chi connectivity index (χ4n) is 2.95. The Morgan fingerprint density at radius 1 is 1.37 bits per heavy atom. The average Bonchev–Trinajstić information content (AvgIpc) is 3.21. The summed E-state index contributed by atoms with van der Waals surface area (Å²) in [5.41, 5.74) is 5.46. The first-order valence-corrected chi connectivity index (χ1v) is 9.50. The molecule has 0 spiro atoms. The second-order valence-corrected chi connectivity index (χ2v) is 7.16. The molecular weight excluding hydrogens is 360 g/mol. The van der Waals surface area contributed by atoms with Crippen LogP contribution >= 0.6 is 11.6 Å². The van der Waals surface area contributed by atoms with Gasteiger partial charge in [0.1, 0.15) is 11.2 Å². The number of halogens is 1. The molecule has 3 heterocycles. The molecule has 0 aliphatic rings. The third-order valence-electron chi connectivity index (χ3n) is 4.96. The van der Waals surface area contributed by atoms with Crippen LogP contribution in [-0.4, -0.2) is 30.1 Å². The van der Waals surface area contributed by atoms with Crippen LogP contribution in [0.2, 0.25) is 5.15 Å². The van der Waals surface area contributed by atoms with E-state index in [2.05, 4.69) is 29.0 Å². The minimum absolute atomic E-state index is 0.406. The van der Waals surface area contributed by atoms with Crippen LogP contribution in [-0.2, 0) is 7.05 Å². The first-order valence-electron chi connectivity index (χ1n) is 9.13. The van der Waals surface area contributed by atoms with Crippen molar-refractivity contribution in [3.63, 3.8) is 0 Å². The predicted molar refractivity (Wildman–Crippen MR) is 111 cm³/mol. The van der Waals surface area contributed by atoms with Gasteiger partial charge < -0.3 is 0 Å². The lowest BCUT2D eigenvalue weighted by molar-refractivity contribution is 0.736. The second kappa shape index (κ2) is 7.64. The highest BCUT2D eigenvalue weighted by atomic mass is 35.5. The molecule has 27 heavy (non-hydrogen) atoms. The van der Waals surface area contributed by atoms with E-state index in [9.17, 15) is 0 Å². The third-order valence-corrected chi connectivity index (χ3v) is 5.22. The summed E-state index contributed by atoms with van der Waals surface area (Å²) in [5, 5.41) is 9.57. The molecule has 0 aliphatic carbocycles. The van der Waals surface area contributed by atoms with E-state index in [1.807, 2.05) is 52.4 Å². The molecule has 3 aromatic rings. The molecular formula is C20H25ClN6. The van der Waals surface area contributed by atoms with Gasteiger partial charge in [0, 0.05) is 30.7 Å². The molecule has 142 valence electrons. The van der Waals surface area contributed by atoms with Crippen molar-refractivity contribution in [2.24, 2.45) is 18.0 Å². The number of nitrogens with zero attached hydrogens (tertiary/aromatic N) is 6. The molecule has 0 saturated carbocycles. The fraction of sp³-hybridized carbons (Fsp3) is 0.400. The smallest absolute Gasteiger partial charge is 0.199 e. The molecule has 0 N–H and O–H groups in total. The standard InChI is InChI=1S/C20H25ClN6/c1-7-12(3)14(5)22-16(8-2)20-23-19(21)18-13(4)15(11-27(18)25-20)17-9-10-26(6)24-17/h8-12H,7H2,1-6H3/b16-8-,22-14?. The minimum Gasteiger partial charge on any atom is -0.275 e. The molecule has 6 nitrogen and oxygen atoms in total. The zero-order valence-corrected chi connectivity index (χ0v) is 17.4. The summed E-state index contributed by atoms with van der Waals surface area (Å²) in [6, 6.07) is 1.97. The van der Waals surface area contributed by atoms with Gasteiger partial charge in [0.2, 0.25) is 0 Å². The van der Waals surface area contributed by atoms with Crippen LogP contribution < -0.4 is 0 Å². The van der Waals surface area contributed by atoms with Gasteiger partial charge in [0.05, 0.1) is 5.69 Å². The second-order valence-electron chi connectivity index (χ2n) is 6.80. The van der Waals surface area contributed by atoms with E-state index in [1.165, 1.54) is 0 Å². The van der Waals surface area contributed by atoms with Crippen molar-refractivity contribution in [2.75, 3.05) is 0 Å². The molecule has 0 amide bonds. The van der Waals surface area contributed by atoms with Gasteiger partial charge in [-0.05, 0) is 44.7 Å². The Morgan fingerprint density at radius 2 is 2.11 bits per heavy atom. The molecule has 3 aromatic heterocycles. The molecule has 7 heteroatoms. The maximum atomic E-state index is 6.53. The van der Waals surface area contributed by atoms with E-state index in [4.69, 9.17) is 16.6 Å². The summed E-state index contributed by atoms with van der Waals surface area (Å²) in [7, 11) is 1.90. The van der Waals surface area contributed by atoms with Crippen molar-refractivity contribution in [3.05, 3.63) is 41.1 Å². The number of aromatic nitrogens is 5. The monoisotopic (exact) mass is 384 g/mol. The minimum atomic E-state index is 0.406. The lowest BCUT2D eigenvalue weighted by Gasteiger charge is -2.09. The lowest BCUT2D eigenvalue weighted by atomic mass is 10.0. The zero-order chi connectivity index (χ0) is 19.7. The highest BCUT2D eigenvalue weighted by Gasteiger charge is 2.17. The van der Waals surface area contributed by atoms with Crippen molar-refractivity contribution in [1.82, 2.24) is 24.4 Å². The fourth-order valence-corrected chi connectivity index (χ4v) is 3.25. The number of fused-ring (bicyclic) bond motifs is 1. The molecule has 0 aliphatic heterocycles. The Bertz CT molecular complexity index is 1040. The summed E-state index contributed by atoms with van der Waals surface area (Å²) in [4.78, 5) is 9.26. The van der Waals surface area contributed by atoms with Crippen LogP contribution in [0.1, 0.15) is 45.5 Å². The van der Waals surface area contributed by atoms with Crippen LogP contribution in [0, 0.1) is 12.8 Å². The van der Waals surface area contributed by atoms with Crippen LogP contribution in [0.15, 0.2) is 29.5 Å². The van der Waals surface area contributed by atoms with E-state index in [-0.39, 0.29) is 0 Å². The van der Waals surface area contributed by atoms with Crippen LogP contribution in [0.4, 0.5) is 0 Å². The Balaban J connectivity index is 2.11. The Morgan fingerprint density at radius 3 is 2.70 bits per heavy atom. The van der Waals surface area contributed by atoms with E-state index in [1.54, 1.807) is 9.20 Å². The summed E-state index contributed by atoms with van der Waals surface area (Å²) in [6.07, 6.45) is 6.82. The van der Waals surface area contributed by atoms with Gasteiger partial charge in [0.15, 0.2) is 11.0 Å². The third kappa shape index (κ3) is 3.67. The maximum absolute atomic E-state index is 6.53. The number of allylic oxidation sites excluding steroid dienone is 1. The largest absolute Gasteiger partial charge is 0.275 e. The van der Waals surface area contributed by atoms with E-state index >= 15 is 0 Å². The molecule has 3 rings (SSSR count). The van der Waals surface area contributed by atoms with Crippen molar-refractivity contribution >= 4 is 28.5 Å². The van der Waals surface area contributed by atoms with Gasteiger partial charge >= 0.3 is 0 Å². The van der Waals surface area contributed by atoms with E-state index in [0.29, 0.717) is 16.9 Å². The summed E-state index contributed by atoms with van der Waals surface area (Å²) < 4.78 is 3.56. The first kappa shape index (κ1) is 19.3. The molecule has 0 radical (unpaired) electrons. The number of aliphatic imine (C=N–C) groups is 1. The van der Waals surface area contributed by atoms with Crippen molar-refractivity contribution in [2.45, 2.75) is 41.0 Å². The van der Waals surface area contributed by atoms with Gasteiger partial charge in [-0.25, -0.2) is 9.50 Å². The molecule has 0 saturated heterocycles. The first-order chi connectivity index (χ1) is 12.8. The Labute approximate surface area is 164 Å². The van der Waals surface area contributed by atoms with Crippen molar-refractivity contribution in [3.8, 4) is 11.3 Å². The van der Waals surface area contributed by atoms with Crippen molar-refractivity contribution < 1.29 is 0 Å². The predicted octanol–water partition coefficient (Wildman–Crippen LogP) is 4.96. The lowest BCUT2D eigenvalue weighted by Crippen LogP contribution is -2.07. The molecule has 1 atom stereocenters. The molecule has 0 aromatic carbocycles. The number of aryl methyl sites for hydroxylation is 2. The number of hydrogen-bond donors (Lipinski definition) is 0.